The molecule has 1 saturated heterocycles. The Morgan fingerprint density at radius 2 is 2.05 bits per heavy atom. The van der Waals surface area contributed by atoms with Gasteiger partial charge in [-0.1, -0.05) is 23.7 Å². The van der Waals surface area contributed by atoms with Crippen LogP contribution in [0.2, 0.25) is 5.02 Å². The fourth-order valence-electron chi connectivity index (χ4n) is 2.66. The Bertz CT molecular complexity index is 713. The van der Waals surface area contributed by atoms with Gasteiger partial charge in [0, 0.05) is 19.1 Å². The quantitative estimate of drug-likeness (QED) is 0.912. The first-order chi connectivity index (χ1) is 10.6. The average Bonchev–Trinajstić information content (AvgIpc) is 2.53. The van der Waals surface area contributed by atoms with E-state index >= 15 is 0 Å². The maximum Gasteiger partial charge on any atom is 0.285 e. The maximum atomic E-state index is 13.6. The summed E-state index contributed by atoms with van der Waals surface area (Å²) in [6, 6.07) is 6.85. The molecule has 0 bridgehead atoms. The van der Waals surface area contributed by atoms with Gasteiger partial charge in [0.05, 0.1) is 17.6 Å². The maximum absolute atomic E-state index is 13.6. The number of nitrogens with zero attached hydrogens (tertiary/aromatic N) is 2. The number of aromatic amines is 1. The minimum Gasteiger partial charge on any atom is -0.380 e. The number of anilines is 2. The van der Waals surface area contributed by atoms with Gasteiger partial charge in [-0.05, 0) is 25.0 Å². The lowest BCUT2D eigenvalue weighted by Crippen LogP contribution is -2.40. The third kappa shape index (κ3) is 3.06. The molecule has 3 rings (SSSR count). The van der Waals surface area contributed by atoms with Crippen LogP contribution in [0.25, 0.3) is 0 Å². The SMILES string of the molecule is O=c1[nH]ncc(N2CCC(Nc3ccccc3F)CC2)c1Cl. The second kappa shape index (κ2) is 6.36. The van der Waals surface area contributed by atoms with Crippen LogP contribution in [-0.2, 0) is 0 Å². The summed E-state index contributed by atoms with van der Waals surface area (Å²) in [4.78, 5) is 13.5. The topological polar surface area (TPSA) is 61.0 Å². The molecule has 22 heavy (non-hydrogen) atoms. The summed E-state index contributed by atoms with van der Waals surface area (Å²) < 4.78 is 13.6. The van der Waals surface area contributed by atoms with Crippen LogP contribution in [0.5, 0.6) is 0 Å². The molecule has 2 N–H and O–H groups in total. The van der Waals surface area contributed by atoms with Crippen LogP contribution in [-0.4, -0.2) is 29.3 Å². The summed E-state index contributed by atoms with van der Waals surface area (Å²) in [5.74, 6) is -0.244. The highest BCUT2D eigenvalue weighted by atomic mass is 35.5. The highest BCUT2D eigenvalue weighted by Crippen LogP contribution is 2.25. The molecule has 0 unspecified atom stereocenters. The number of piperidine rings is 1. The lowest BCUT2D eigenvalue weighted by molar-refractivity contribution is 0.521. The lowest BCUT2D eigenvalue weighted by atomic mass is 10.0. The van der Waals surface area contributed by atoms with E-state index in [1.165, 1.54) is 6.07 Å². The number of H-pyrrole nitrogens is 1. The summed E-state index contributed by atoms with van der Waals surface area (Å²) in [7, 11) is 0. The first kappa shape index (κ1) is 14.8. The number of hydrogen-bond acceptors (Lipinski definition) is 4. The van der Waals surface area contributed by atoms with Gasteiger partial charge >= 0.3 is 0 Å². The summed E-state index contributed by atoms with van der Waals surface area (Å²) >= 11 is 6.02. The van der Waals surface area contributed by atoms with Crippen molar-refractivity contribution in [3.63, 3.8) is 0 Å². The molecule has 1 aromatic heterocycles. The lowest BCUT2D eigenvalue weighted by Gasteiger charge is -2.34. The van der Waals surface area contributed by atoms with E-state index in [-0.39, 0.29) is 22.4 Å². The molecule has 1 aromatic carbocycles. The van der Waals surface area contributed by atoms with Crippen molar-refractivity contribution < 1.29 is 4.39 Å². The molecule has 7 heteroatoms. The summed E-state index contributed by atoms with van der Waals surface area (Å²) in [6.45, 7) is 1.47. The van der Waals surface area contributed by atoms with Crippen LogP contribution < -0.4 is 15.8 Å². The Balaban J connectivity index is 1.64. The van der Waals surface area contributed by atoms with Crippen LogP contribution >= 0.6 is 11.6 Å². The molecule has 116 valence electrons. The Hall–Kier alpha value is -2.08. The highest BCUT2D eigenvalue weighted by Gasteiger charge is 2.22. The molecule has 0 saturated carbocycles. The van der Waals surface area contributed by atoms with E-state index < -0.39 is 0 Å². The largest absolute Gasteiger partial charge is 0.380 e. The van der Waals surface area contributed by atoms with Crippen LogP contribution in [0.4, 0.5) is 15.8 Å². The molecule has 2 aromatic rings. The van der Waals surface area contributed by atoms with E-state index in [0.29, 0.717) is 11.4 Å². The standard InChI is InChI=1S/C15H16ClFN4O/c16-14-13(9-18-20-15(14)22)21-7-5-10(6-8-21)19-12-4-2-1-3-11(12)17/h1-4,9-10,19H,5-8H2,(H,20,22). The van der Waals surface area contributed by atoms with E-state index in [0.717, 1.165) is 25.9 Å². The van der Waals surface area contributed by atoms with E-state index in [9.17, 15) is 9.18 Å². The fraction of sp³-hybridized carbons (Fsp3) is 0.333. The van der Waals surface area contributed by atoms with Crippen LogP contribution in [0, 0.1) is 5.82 Å². The number of halogens is 2. The van der Waals surface area contributed by atoms with Crippen molar-refractivity contribution in [2.75, 3.05) is 23.3 Å². The van der Waals surface area contributed by atoms with Crippen molar-refractivity contribution in [2.45, 2.75) is 18.9 Å². The smallest absolute Gasteiger partial charge is 0.285 e. The molecule has 0 atom stereocenters. The zero-order valence-electron chi connectivity index (χ0n) is 11.9. The molecule has 1 aliphatic rings. The van der Waals surface area contributed by atoms with Gasteiger partial charge in [-0.25, -0.2) is 9.49 Å². The first-order valence-corrected chi connectivity index (χ1v) is 7.52. The molecule has 0 radical (unpaired) electrons. The molecule has 1 aliphatic heterocycles. The van der Waals surface area contributed by atoms with Gasteiger partial charge in [0.15, 0.2) is 0 Å². The van der Waals surface area contributed by atoms with Crippen LogP contribution in [0.1, 0.15) is 12.8 Å². The van der Waals surface area contributed by atoms with Crippen LogP contribution in [0.3, 0.4) is 0 Å². The summed E-state index contributed by atoms with van der Waals surface area (Å²) in [5, 5.41) is 9.49. The van der Waals surface area contributed by atoms with Gasteiger partial charge in [-0.3, -0.25) is 4.79 Å². The van der Waals surface area contributed by atoms with Gasteiger partial charge in [0.1, 0.15) is 10.8 Å². The Morgan fingerprint density at radius 3 is 2.77 bits per heavy atom. The first-order valence-electron chi connectivity index (χ1n) is 7.14. The molecule has 0 amide bonds. The minimum atomic E-state index is -0.384. The van der Waals surface area contributed by atoms with E-state index in [1.807, 2.05) is 11.0 Å². The number of hydrogen-bond donors (Lipinski definition) is 2. The minimum absolute atomic E-state index is 0.163. The molecule has 0 aliphatic carbocycles. The molecular weight excluding hydrogens is 307 g/mol. The number of rotatable bonds is 3. The predicted molar refractivity (Wildman–Crippen MR) is 85.1 cm³/mol. The highest BCUT2D eigenvalue weighted by molar-refractivity contribution is 6.32. The molecule has 0 spiro atoms. The third-order valence-corrected chi connectivity index (χ3v) is 4.21. The predicted octanol–water partition coefficient (Wildman–Crippen LogP) is 2.64. The summed E-state index contributed by atoms with van der Waals surface area (Å²) in [5.41, 5.74) is 0.789. The normalized spacial score (nSPS) is 15.8. The average molecular weight is 323 g/mol. The Morgan fingerprint density at radius 1 is 1.32 bits per heavy atom. The fourth-order valence-corrected chi connectivity index (χ4v) is 2.87. The van der Waals surface area contributed by atoms with Gasteiger partial charge in [-0.15, -0.1) is 0 Å². The van der Waals surface area contributed by atoms with Crippen molar-refractivity contribution >= 4 is 23.0 Å². The number of benzene rings is 1. The van der Waals surface area contributed by atoms with Gasteiger partial charge in [0.2, 0.25) is 0 Å². The Labute approximate surface area is 132 Å². The van der Waals surface area contributed by atoms with E-state index in [4.69, 9.17) is 11.6 Å². The van der Waals surface area contributed by atoms with Crippen molar-refractivity contribution in [3.8, 4) is 0 Å². The van der Waals surface area contributed by atoms with Crippen molar-refractivity contribution in [2.24, 2.45) is 0 Å². The van der Waals surface area contributed by atoms with Gasteiger partial charge in [-0.2, -0.15) is 5.10 Å². The molecule has 5 nitrogen and oxygen atoms in total. The number of para-hydroxylation sites is 1. The zero-order chi connectivity index (χ0) is 15.5. The van der Waals surface area contributed by atoms with Crippen molar-refractivity contribution in [1.29, 1.82) is 0 Å². The van der Waals surface area contributed by atoms with Crippen LogP contribution in [0.15, 0.2) is 35.3 Å². The second-order valence-corrected chi connectivity index (χ2v) is 5.66. The molecular formula is C15H16ClFN4O. The molecule has 2 heterocycles. The zero-order valence-corrected chi connectivity index (χ0v) is 12.6. The Kier molecular flexibility index (Phi) is 4.29. The second-order valence-electron chi connectivity index (χ2n) is 5.28. The van der Waals surface area contributed by atoms with E-state index in [1.54, 1.807) is 18.3 Å². The summed E-state index contributed by atoms with van der Waals surface area (Å²) in [6.07, 6.45) is 3.23. The van der Waals surface area contributed by atoms with Crippen molar-refractivity contribution in [3.05, 3.63) is 51.7 Å². The monoisotopic (exact) mass is 322 g/mol. The van der Waals surface area contributed by atoms with E-state index in [2.05, 4.69) is 15.5 Å². The number of aromatic nitrogens is 2. The van der Waals surface area contributed by atoms with Gasteiger partial charge in [0.25, 0.3) is 5.56 Å². The van der Waals surface area contributed by atoms with Gasteiger partial charge < -0.3 is 10.2 Å². The third-order valence-electron chi connectivity index (χ3n) is 3.85. The number of nitrogens with one attached hydrogen (secondary N) is 2. The van der Waals surface area contributed by atoms with Crippen molar-refractivity contribution in [1.82, 2.24) is 10.2 Å². The molecule has 1 fully saturated rings.